The molecule has 2 heterocycles. The first-order chi connectivity index (χ1) is 13.5. The summed E-state index contributed by atoms with van der Waals surface area (Å²) in [5.74, 6) is -0.124. The number of imidazole rings is 1. The zero-order chi connectivity index (χ0) is 19.7. The van der Waals surface area contributed by atoms with Gasteiger partial charge in [-0.2, -0.15) is 0 Å². The normalized spacial score (nSPS) is 10.8. The number of carbonyl (C=O) groups excluding carboxylic acids is 1. The zero-order valence-corrected chi connectivity index (χ0v) is 16.2. The van der Waals surface area contributed by atoms with Gasteiger partial charge in [0, 0.05) is 49.0 Å². The lowest BCUT2D eigenvalue weighted by atomic mass is 10.1. The van der Waals surface area contributed by atoms with Gasteiger partial charge in [0.2, 0.25) is 0 Å². The van der Waals surface area contributed by atoms with Crippen LogP contribution in [0.2, 0.25) is 0 Å². The smallest absolute Gasteiger partial charge is 0.255 e. The van der Waals surface area contributed by atoms with Crippen molar-refractivity contribution in [3.8, 4) is 11.3 Å². The Labute approximate surface area is 164 Å². The van der Waals surface area contributed by atoms with Gasteiger partial charge in [-0.3, -0.25) is 4.79 Å². The van der Waals surface area contributed by atoms with Crippen LogP contribution in [-0.4, -0.2) is 29.4 Å². The van der Waals surface area contributed by atoms with E-state index in [1.54, 1.807) is 0 Å². The Morgan fingerprint density at radius 2 is 1.82 bits per heavy atom. The summed E-state index contributed by atoms with van der Waals surface area (Å²) in [5, 5.41) is 3.03. The van der Waals surface area contributed by atoms with Gasteiger partial charge < -0.3 is 14.6 Å². The van der Waals surface area contributed by atoms with Crippen molar-refractivity contribution in [2.24, 2.45) is 0 Å². The van der Waals surface area contributed by atoms with Crippen LogP contribution < -0.4 is 10.2 Å². The van der Waals surface area contributed by atoms with Gasteiger partial charge >= 0.3 is 0 Å². The van der Waals surface area contributed by atoms with E-state index < -0.39 is 0 Å². The molecule has 4 aromatic rings. The molecule has 1 N–H and O–H groups in total. The zero-order valence-electron chi connectivity index (χ0n) is 16.2. The second-order valence-corrected chi connectivity index (χ2v) is 7.02. The lowest BCUT2D eigenvalue weighted by molar-refractivity contribution is 0.102. The summed E-state index contributed by atoms with van der Waals surface area (Å²) in [6, 6.07) is 19.5. The molecule has 5 heteroatoms. The minimum Gasteiger partial charge on any atom is -0.378 e. The van der Waals surface area contributed by atoms with Gasteiger partial charge in [-0.05, 0) is 55.0 Å². The Balaban J connectivity index is 1.61. The van der Waals surface area contributed by atoms with Crippen LogP contribution in [-0.2, 0) is 0 Å². The summed E-state index contributed by atoms with van der Waals surface area (Å²) in [5.41, 5.74) is 6.21. The first kappa shape index (κ1) is 17.8. The van der Waals surface area contributed by atoms with Crippen molar-refractivity contribution >= 4 is 22.9 Å². The molecule has 2 aromatic heterocycles. The van der Waals surface area contributed by atoms with Crippen molar-refractivity contribution in [3.05, 3.63) is 84.2 Å². The molecule has 1 amide bonds. The number of pyridine rings is 1. The van der Waals surface area contributed by atoms with Crippen molar-refractivity contribution < 1.29 is 4.79 Å². The molecule has 0 aliphatic rings. The highest BCUT2D eigenvalue weighted by Crippen LogP contribution is 2.26. The van der Waals surface area contributed by atoms with Gasteiger partial charge in [-0.25, -0.2) is 4.98 Å². The molecule has 2 aromatic carbocycles. The highest BCUT2D eigenvalue weighted by molar-refractivity contribution is 6.05. The van der Waals surface area contributed by atoms with Crippen LogP contribution in [0, 0.1) is 6.92 Å². The summed E-state index contributed by atoms with van der Waals surface area (Å²) in [4.78, 5) is 19.4. The highest BCUT2D eigenvalue weighted by atomic mass is 16.1. The number of carbonyl (C=O) groups is 1. The molecule has 0 bridgehead atoms. The highest BCUT2D eigenvalue weighted by Gasteiger charge is 2.11. The quantitative estimate of drug-likeness (QED) is 0.570. The van der Waals surface area contributed by atoms with Crippen molar-refractivity contribution in [2.45, 2.75) is 6.92 Å². The number of hydrogen-bond donors (Lipinski definition) is 1. The minimum absolute atomic E-state index is 0.124. The van der Waals surface area contributed by atoms with Gasteiger partial charge in [0.25, 0.3) is 5.91 Å². The molecule has 0 fully saturated rings. The largest absolute Gasteiger partial charge is 0.378 e. The van der Waals surface area contributed by atoms with E-state index in [1.807, 2.05) is 103 Å². The Hall–Kier alpha value is -3.60. The summed E-state index contributed by atoms with van der Waals surface area (Å²) >= 11 is 0. The molecule has 0 radical (unpaired) electrons. The summed E-state index contributed by atoms with van der Waals surface area (Å²) in [6.45, 7) is 1.98. The second kappa shape index (κ2) is 7.19. The molecule has 4 rings (SSSR count). The number of nitrogens with zero attached hydrogens (tertiary/aromatic N) is 3. The molecule has 0 atom stereocenters. The number of aryl methyl sites for hydroxylation is 1. The first-order valence-electron chi connectivity index (χ1n) is 9.15. The Morgan fingerprint density at radius 3 is 2.54 bits per heavy atom. The van der Waals surface area contributed by atoms with Crippen molar-refractivity contribution in [3.63, 3.8) is 0 Å². The third-order valence-electron chi connectivity index (χ3n) is 4.79. The third kappa shape index (κ3) is 3.47. The number of benzene rings is 2. The number of amides is 1. The van der Waals surface area contributed by atoms with Gasteiger partial charge in [0.1, 0.15) is 5.65 Å². The molecule has 0 aliphatic heterocycles. The fourth-order valence-corrected chi connectivity index (χ4v) is 3.10. The summed E-state index contributed by atoms with van der Waals surface area (Å²) < 4.78 is 1.99. The van der Waals surface area contributed by atoms with Crippen LogP contribution in [0.4, 0.5) is 11.4 Å². The maximum Gasteiger partial charge on any atom is 0.255 e. The summed E-state index contributed by atoms with van der Waals surface area (Å²) in [7, 11) is 3.95. The fraction of sp³-hybridized carbons (Fsp3) is 0.130. The van der Waals surface area contributed by atoms with E-state index in [9.17, 15) is 4.79 Å². The van der Waals surface area contributed by atoms with Crippen LogP contribution in [0.1, 0.15) is 15.9 Å². The van der Waals surface area contributed by atoms with Crippen LogP contribution in [0.15, 0.2) is 73.1 Å². The third-order valence-corrected chi connectivity index (χ3v) is 4.79. The minimum atomic E-state index is -0.124. The van der Waals surface area contributed by atoms with Crippen molar-refractivity contribution in [2.75, 3.05) is 24.3 Å². The van der Waals surface area contributed by atoms with Crippen LogP contribution in [0.25, 0.3) is 16.9 Å². The standard InChI is InChI=1S/C23H22N4O/c1-16-7-8-18(21-15-27-13-5-4-6-22(27)24-21)14-20(16)25-23(28)17-9-11-19(12-10-17)26(2)3/h4-15H,1-3H3,(H,25,28). The SMILES string of the molecule is Cc1ccc(-c2cn3ccccc3n2)cc1NC(=O)c1ccc(N(C)C)cc1. The number of nitrogens with one attached hydrogen (secondary N) is 1. The van der Waals surface area contributed by atoms with Crippen molar-refractivity contribution in [1.82, 2.24) is 9.38 Å². The van der Waals surface area contributed by atoms with E-state index >= 15 is 0 Å². The molecule has 0 unspecified atom stereocenters. The molecule has 5 nitrogen and oxygen atoms in total. The van der Waals surface area contributed by atoms with Crippen molar-refractivity contribution in [1.29, 1.82) is 0 Å². The monoisotopic (exact) mass is 370 g/mol. The van der Waals surface area contributed by atoms with E-state index in [0.717, 1.165) is 33.8 Å². The first-order valence-corrected chi connectivity index (χ1v) is 9.15. The molecular weight excluding hydrogens is 348 g/mol. The number of fused-ring (bicyclic) bond motifs is 1. The Kier molecular flexibility index (Phi) is 4.57. The lowest BCUT2D eigenvalue weighted by Gasteiger charge is -2.13. The molecule has 0 saturated carbocycles. The van der Waals surface area contributed by atoms with Gasteiger partial charge in [-0.15, -0.1) is 0 Å². The maximum atomic E-state index is 12.7. The molecular formula is C23H22N4O. The molecule has 28 heavy (non-hydrogen) atoms. The second-order valence-electron chi connectivity index (χ2n) is 7.02. The molecule has 0 aliphatic carbocycles. The average Bonchev–Trinajstić information content (AvgIpc) is 3.14. The Morgan fingerprint density at radius 1 is 1.04 bits per heavy atom. The Bertz CT molecular complexity index is 1110. The average molecular weight is 370 g/mol. The summed E-state index contributed by atoms with van der Waals surface area (Å²) in [6.07, 6.45) is 3.96. The maximum absolute atomic E-state index is 12.7. The fourth-order valence-electron chi connectivity index (χ4n) is 3.10. The predicted octanol–water partition coefficient (Wildman–Crippen LogP) is 4.63. The number of aromatic nitrogens is 2. The van der Waals surface area contributed by atoms with Crippen LogP contribution in [0.5, 0.6) is 0 Å². The van der Waals surface area contributed by atoms with Gasteiger partial charge in [-0.1, -0.05) is 18.2 Å². The van der Waals surface area contributed by atoms with E-state index in [4.69, 9.17) is 0 Å². The van der Waals surface area contributed by atoms with E-state index in [2.05, 4.69) is 10.3 Å². The molecule has 0 spiro atoms. The molecule has 140 valence electrons. The van der Waals surface area contributed by atoms with E-state index in [-0.39, 0.29) is 5.91 Å². The van der Waals surface area contributed by atoms with Crippen LogP contribution in [0.3, 0.4) is 0 Å². The van der Waals surface area contributed by atoms with Gasteiger partial charge in [0.05, 0.1) is 5.69 Å². The van der Waals surface area contributed by atoms with Gasteiger partial charge in [0.15, 0.2) is 0 Å². The van der Waals surface area contributed by atoms with E-state index in [0.29, 0.717) is 5.56 Å². The lowest BCUT2D eigenvalue weighted by Crippen LogP contribution is -2.14. The number of anilines is 2. The number of hydrogen-bond acceptors (Lipinski definition) is 3. The van der Waals surface area contributed by atoms with Crippen LogP contribution >= 0.6 is 0 Å². The molecule has 0 saturated heterocycles. The predicted molar refractivity (Wildman–Crippen MR) is 114 cm³/mol. The van der Waals surface area contributed by atoms with E-state index in [1.165, 1.54) is 0 Å². The number of rotatable bonds is 4. The topological polar surface area (TPSA) is 49.6 Å².